The number of hydrogen-bond acceptors (Lipinski definition) is 3. The summed E-state index contributed by atoms with van der Waals surface area (Å²) in [6.45, 7) is 0.283. The molecule has 106 valence electrons. The molecule has 1 fully saturated rings. The average Bonchev–Trinajstić information content (AvgIpc) is 2.79. The highest BCUT2D eigenvalue weighted by Gasteiger charge is 2.31. The predicted molar refractivity (Wildman–Crippen MR) is 72.6 cm³/mol. The van der Waals surface area contributed by atoms with Gasteiger partial charge in [-0.05, 0) is 5.56 Å². The second-order valence-corrected chi connectivity index (χ2v) is 4.83. The third kappa shape index (κ3) is 3.57. The number of carbonyl (C=O) groups is 3. The van der Waals surface area contributed by atoms with Gasteiger partial charge in [0.1, 0.15) is 0 Å². The molecule has 20 heavy (non-hydrogen) atoms. The van der Waals surface area contributed by atoms with E-state index < -0.39 is 5.91 Å². The number of rotatable bonds is 5. The molecular weight excluding hydrogens is 258 g/mol. The highest BCUT2D eigenvalue weighted by atomic mass is 16.2. The smallest absolute Gasteiger partial charge is 0.240 e. The second-order valence-electron chi connectivity index (χ2n) is 4.83. The summed E-state index contributed by atoms with van der Waals surface area (Å²) in [4.78, 5) is 35.5. The molecule has 1 saturated heterocycles. The standard InChI is InChI=1S/C14H17N3O3/c15-12(18)7-16-13(19)9-17-8-11(6-14(17)20)10-4-2-1-3-5-10/h1-5,11H,6-9H2,(H2,15,18)(H,16,19)/t11-/m0/s1. The second kappa shape index (κ2) is 6.18. The molecule has 6 heteroatoms. The lowest BCUT2D eigenvalue weighted by atomic mass is 9.99. The highest BCUT2D eigenvalue weighted by Crippen LogP contribution is 2.27. The molecule has 1 aromatic carbocycles. The van der Waals surface area contributed by atoms with Crippen molar-refractivity contribution in [3.8, 4) is 0 Å². The lowest BCUT2D eigenvalue weighted by Gasteiger charge is -2.16. The summed E-state index contributed by atoms with van der Waals surface area (Å²) < 4.78 is 0. The number of amides is 3. The largest absolute Gasteiger partial charge is 0.368 e. The van der Waals surface area contributed by atoms with Crippen LogP contribution in [0.25, 0.3) is 0 Å². The summed E-state index contributed by atoms with van der Waals surface area (Å²) in [5.41, 5.74) is 6.04. The van der Waals surface area contributed by atoms with Crippen LogP contribution in [-0.4, -0.2) is 42.3 Å². The van der Waals surface area contributed by atoms with Crippen LogP contribution < -0.4 is 11.1 Å². The van der Waals surface area contributed by atoms with Gasteiger partial charge in [-0.3, -0.25) is 14.4 Å². The van der Waals surface area contributed by atoms with Crippen LogP contribution in [0.3, 0.4) is 0 Å². The quantitative estimate of drug-likeness (QED) is 0.766. The molecular formula is C14H17N3O3. The van der Waals surface area contributed by atoms with E-state index >= 15 is 0 Å². The summed E-state index contributed by atoms with van der Waals surface area (Å²) in [7, 11) is 0. The molecule has 3 amide bonds. The Morgan fingerprint density at radius 3 is 2.65 bits per heavy atom. The summed E-state index contributed by atoms with van der Waals surface area (Å²) in [5, 5.41) is 2.38. The summed E-state index contributed by atoms with van der Waals surface area (Å²) in [6, 6.07) is 9.75. The van der Waals surface area contributed by atoms with Gasteiger partial charge in [0.05, 0.1) is 13.1 Å². The molecule has 0 bridgehead atoms. The molecule has 2 rings (SSSR count). The van der Waals surface area contributed by atoms with E-state index in [-0.39, 0.29) is 30.8 Å². The van der Waals surface area contributed by atoms with Crippen molar-refractivity contribution >= 4 is 17.7 Å². The van der Waals surface area contributed by atoms with E-state index in [9.17, 15) is 14.4 Å². The van der Waals surface area contributed by atoms with Gasteiger partial charge in [0.2, 0.25) is 17.7 Å². The van der Waals surface area contributed by atoms with Crippen LogP contribution in [0.4, 0.5) is 0 Å². The molecule has 3 N–H and O–H groups in total. The number of nitrogens with one attached hydrogen (secondary N) is 1. The molecule has 0 aromatic heterocycles. The minimum atomic E-state index is -0.603. The summed E-state index contributed by atoms with van der Waals surface area (Å²) in [6.07, 6.45) is 0.410. The topological polar surface area (TPSA) is 92.5 Å². The molecule has 6 nitrogen and oxygen atoms in total. The SMILES string of the molecule is NC(=O)CNC(=O)CN1C[C@@H](c2ccccc2)CC1=O. The molecule has 1 aliphatic heterocycles. The van der Waals surface area contributed by atoms with Crippen molar-refractivity contribution in [3.63, 3.8) is 0 Å². The van der Waals surface area contributed by atoms with Gasteiger partial charge >= 0.3 is 0 Å². The monoisotopic (exact) mass is 275 g/mol. The first-order valence-corrected chi connectivity index (χ1v) is 6.44. The summed E-state index contributed by atoms with van der Waals surface area (Å²) >= 11 is 0. The zero-order valence-electron chi connectivity index (χ0n) is 11.0. The molecule has 0 radical (unpaired) electrons. The lowest BCUT2D eigenvalue weighted by molar-refractivity contribution is -0.133. The van der Waals surface area contributed by atoms with E-state index in [2.05, 4.69) is 5.32 Å². The molecule has 0 aliphatic carbocycles. The van der Waals surface area contributed by atoms with E-state index in [1.807, 2.05) is 30.3 Å². The summed E-state index contributed by atoms with van der Waals surface area (Å²) in [5.74, 6) is -0.903. The van der Waals surface area contributed by atoms with Crippen LogP contribution in [0.1, 0.15) is 17.9 Å². The van der Waals surface area contributed by atoms with Gasteiger partial charge in [-0.2, -0.15) is 0 Å². The first-order valence-electron chi connectivity index (χ1n) is 6.44. The number of carbonyl (C=O) groups excluding carboxylic acids is 3. The Morgan fingerprint density at radius 1 is 1.30 bits per heavy atom. The maximum atomic E-state index is 11.9. The van der Waals surface area contributed by atoms with E-state index in [4.69, 9.17) is 5.73 Å². The molecule has 1 atom stereocenters. The first-order chi connectivity index (χ1) is 9.56. The highest BCUT2D eigenvalue weighted by molar-refractivity contribution is 5.88. The van der Waals surface area contributed by atoms with Gasteiger partial charge in [0, 0.05) is 18.9 Å². The number of primary amides is 1. The minimum absolute atomic E-state index is 0.0323. The Kier molecular flexibility index (Phi) is 4.34. The third-order valence-electron chi connectivity index (χ3n) is 3.28. The maximum absolute atomic E-state index is 11.9. The first kappa shape index (κ1) is 14.0. The molecule has 1 heterocycles. The van der Waals surface area contributed by atoms with Crippen molar-refractivity contribution in [1.82, 2.24) is 10.2 Å². The molecule has 0 saturated carbocycles. The van der Waals surface area contributed by atoms with Crippen LogP contribution in [0, 0.1) is 0 Å². The van der Waals surface area contributed by atoms with E-state index in [1.54, 1.807) is 0 Å². The zero-order valence-corrected chi connectivity index (χ0v) is 11.0. The van der Waals surface area contributed by atoms with Crippen LogP contribution >= 0.6 is 0 Å². The minimum Gasteiger partial charge on any atom is -0.368 e. The van der Waals surface area contributed by atoms with Crippen molar-refractivity contribution in [2.24, 2.45) is 5.73 Å². The van der Waals surface area contributed by atoms with Crippen LogP contribution in [0.15, 0.2) is 30.3 Å². The Morgan fingerprint density at radius 2 is 2.00 bits per heavy atom. The number of nitrogens with zero attached hydrogens (tertiary/aromatic N) is 1. The van der Waals surface area contributed by atoms with Crippen molar-refractivity contribution in [2.45, 2.75) is 12.3 Å². The van der Waals surface area contributed by atoms with Crippen LogP contribution in [0.2, 0.25) is 0 Å². The number of likely N-dealkylation sites (tertiary alicyclic amines) is 1. The maximum Gasteiger partial charge on any atom is 0.240 e. The van der Waals surface area contributed by atoms with Crippen LogP contribution in [-0.2, 0) is 14.4 Å². The Labute approximate surface area is 116 Å². The lowest BCUT2D eigenvalue weighted by Crippen LogP contribution is -2.41. The average molecular weight is 275 g/mol. The normalized spacial score (nSPS) is 18.1. The Bertz CT molecular complexity index is 516. The fraction of sp³-hybridized carbons (Fsp3) is 0.357. The van der Waals surface area contributed by atoms with Crippen molar-refractivity contribution in [2.75, 3.05) is 19.6 Å². The van der Waals surface area contributed by atoms with Gasteiger partial charge in [-0.1, -0.05) is 30.3 Å². The van der Waals surface area contributed by atoms with Gasteiger partial charge in [0.15, 0.2) is 0 Å². The van der Waals surface area contributed by atoms with Gasteiger partial charge in [-0.15, -0.1) is 0 Å². The Hall–Kier alpha value is -2.37. The van der Waals surface area contributed by atoms with Crippen molar-refractivity contribution in [3.05, 3.63) is 35.9 Å². The number of benzene rings is 1. The van der Waals surface area contributed by atoms with Crippen molar-refractivity contribution in [1.29, 1.82) is 0 Å². The Balaban J connectivity index is 1.90. The van der Waals surface area contributed by atoms with E-state index in [1.165, 1.54) is 4.90 Å². The molecule has 0 spiro atoms. The van der Waals surface area contributed by atoms with Crippen LogP contribution in [0.5, 0.6) is 0 Å². The predicted octanol–water partition coefficient (Wildman–Crippen LogP) is -0.396. The third-order valence-corrected chi connectivity index (χ3v) is 3.28. The van der Waals surface area contributed by atoms with Gasteiger partial charge in [-0.25, -0.2) is 0 Å². The molecule has 1 aromatic rings. The van der Waals surface area contributed by atoms with Gasteiger partial charge in [0.25, 0.3) is 0 Å². The fourth-order valence-electron chi connectivity index (χ4n) is 2.29. The van der Waals surface area contributed by atoms with E-state index in [0.717, 1.165) is 5.56 Å². The van der Waals surface area contributed by atoms with E-state index in [0.29, 0.717) is 13.0 Å². The molecule has 0 unspecified atom stereocenters. The van der Waals surface area contributed by atoms with Crippen molar-refractivity contribution < 1.29 is 14.4 Å². The molecule has 1 aliphatic rings. The fourth-order valence-corrected chi connectivity index (χ4v) is 2.29. The zero-order chi connectivity index (χ0) is 14.5. The number of hydrogen-bond donors (Lipinski definition) is 2. The van der Waals surface area contributed by atoms with Gasteiger partial charge < -0.3 is 16.0 Å². The number of nitrogens with two attached hydrogens (primary N) is 1.